The summed E-state index contributed by atoms with van der Waals surface area (Å²) < 4.78 is 6.03. The van der Waals surface area contributed by atoms with E-state index in [4.69, 9.17) is 22.1 Å². The summed E-state index contributed by atoms with van der Waals surface area (Å²) in [4.78, 5) is 14.2. The highest BCUT2D eigenvalue weighted by Crippen LogP contribution is 2.34. The first kappa shape index (κ1) is 20.3. The predicted molar refractivity (Wildman–Crippen MR) is 115 cm³/mol. The highest BCUT2D eigenvalue weighted by atomic mass is 35.5. The van der Waals surface area contributed by atoms with Crippen molar-refractivity contribution in [2.24, 2.45) is 5.92 Å². The van der Waals surface area contributed by atoms with Gasteiger partial charge in [0.2, 0.25) is 5.91 Å². The summed E-state index contributed by atoms with van der Waals surface area (Å²) in [6.45, 7) is 5.74. The number of rotatable bonds is 6. The number of hydrogen-bond donors (Lipinski definition) is 2. The molecule has 0 radical (unpaired) electrons. The number of carbonyl (C=O) groups is 1. The summed E-state index contributed by atoms with van der Waals surface area (Å²) in [6, 6.07) is 13.3. The molecule has 0 aromatic heterocycles. The number of hydrogen-bond acceptors (Lipinski definition) is 4. The van der Waals surface area contributed by atoms with Crippen LogP contribution in [-0.2, 0) is 4.79 Å². The minimum atomic E-state index is 0.260. The maximum atomic E-state index is 12.3. The SMILES string of the molecule is CC(C)CC(=O)N1CCC(Nc2ccccc2Oc2ccc(Cl)cc2N)CC1. The van der Waals surface area contributed by atoms with Crippen molar-refractivity contribution in [2.45, 2.75) is 39.2 Å². The minimum absolute atomic E-state index is 0.260. The van der Waals surface area contributed by atoms with Crippen molar-refractivity contribution in [1.29, 1.82) is 0 Å². The van der Waals surface area contributed by atoms with Gasteiger partial charge in [0.1, 0.15) is 0 Å². The molecule has 0 unspecified atom stereocenters. The highest BCUT2D eigenvalue weighted by molar-refractivity contribution is 6.30. The predicted octanol–water partition coefficient (Wildman–Crippen LogP) is 5.16. The Morgan fingerprint density at radius 1 is 1.21 bits per heavy atom. The second kappa shape index (κ2) is 9.20. The van der Waals surface area contributed by atoms with Gasteiger partial charge in [-0.05, 0) is 49.1 Å². The quantitative estimate of drug-likeness (QED) is 0.655. The molecule has 150 valence electrons. The molecule has 0 saturated carbocycles. The van der Waals surface area contributed by atoms with E-state index in [-0.39, 0.29) is 5.91 Å². The van der Waals surface area contributed by atoms with Gasteiger partial charge in [-0.3, -0.25) is 4.79 Å². The van der Waals surface area contributed by atoms with Crippen LogP contribution >= 0.6 is 11.6 Å². The first-order valence-corrected chi connectivity index (χ1v) is 10.2. The number of benzene rings is 2. The van der Waals surface area contributed by atoms with Crippen molar-refractivity contribution in [3.63, 3.8) is 0 Å². The van der Waals surface area contributed by atoms with Crippen LogP contribution in [0.15, 0.2) is 42.5 Å². The number of nitrogen functional groups attached to an aromatic ring is 1. The molecule has 1 amide bonds. The number of carbonyl (C=O) groups excluding carboxylic acids is 1. The van der Waals surface area contributed by atoms with Gasteiger partial charge in [0.15, 0.2) is 11.5 Å². The van der Waals surface area contributed by atoms with Crippen LogP contribution < -0.4 is 15.8 Å². The van der Waals surface area contributed by atoms with E-state index in [2.05, 4.69) is 19.2 Å². The lowest BCUT2D eigenvalue weighted by Crippen LogP contribution is -2.42. The van der Waals surface area contributed by atoms with E-state index in [1.165, 1.54) is 0 Å². The highest BCUT2D eigenvalue weighted by Gasteiger charge is 2.23. The second-order valence-corrected chi connectivity index (χ2v) is 8.11. The Hall–Kier alpha value is -2.40. The van der Waals surface area contributed by atoms with Crippen LogP contribution in [0, 0.1) is 5.92 Å². The van der Waals surface area contributed by atoms with Gasteiger partial charge in [0.25, 0.3) is 0 Å². The van der Waals surface area contributed by atoms with Crippen molar-refractivity contribution >= 4 is 28.9 Å². The van der Waals surface area contributed by atoms with E-state index >= 15 is 0 Å². The molecule has 1 heterocycles. The van der Waals surface area contributed by atoms with Crippen molar-refractivity contribution in [3.05, 3.63) is 47.5 Å². The maximum Gasteiger partial charge on any atom is 0.222 e. The molecule has 1 aliphatic rings. The number of amides is 1. The number of likely N-dealkylation sites (tertiary alicyclic amines) is 1. The van der Waals surface area contributed by atoms with Crippen LogP contribution in [0.25, 0.3) is 0 Å². The Bertz CT molecular complexity index is 817. The standard InChI is InChI=1S/C22H28ClN3O2/c1-15(2)13-22(27)26-11-9-17(10-12-26)25-19-5-3-4-6-21(19)28-20-8-7-16(23)14-18(20)24/h3-8,14-15,17,25H,9-13,24H2,1-2H3. The molecule has 3 N–H and O–H groups in total. The monoisotopic (exact) mass is 401 g/mol. The fourth-order valence-corrected chi connectivity index (χ4v) is 3.56. The van der Waals surface area contributed by atoms with Gasteiger partial charge in [0.05, 0.1) is 11.4 Å². The summed E-state index contributed by atoms with van der Waals surface area (Å²) in [5.41, 5.74) is 7.43. The average molecular weight is 402 g/mol. The molecule has 0 aliphatic carbocycles. The zero-order valence-corrected chi connectivity index (χ0v) is 17.2. The lowest BCUT2D eigenvalue weighted by atomic mass is 10.0. The third kappa shape index (κ3) is 5.32. The van der Waals surface area contributed by atoms with Crippen LogP contribution in [0.4, 0.5) is 11.4 Å². The Morgan fingerprint density at radius 2 is 1.93 bits per heavy atom. The molecule has 1 fully saturated rings. The molecule has 3 rings (SSSR count). The molecule has 0 bridgehead atoms. The third-order valence-corrected chi connectivity index (χ3v) is 5.10. The Morgan fingerprint density at radius 3 is 2.61 bits per heavy atom. The zero-order chi connectivity index (χ0) is 20.1. The molecule has 0 atom stereocenters. The molecule has 5 nitrogen and oxygen atoms in total. The van der Waals surface area contributed by atoms with Crippen molar-refractivity contribution in [1.82, 2.24) is 4.90 Å². The molecular weight excluding hydrogens is 374 g/mol. The van der Waals surface area contributed by atoms with Gasteiger partial charge in [0, 0.05) is 30.6 Å². The van der Waals surface area contributed by atoms with Crippen LogP contribution in [0.5, 0.6) is 11.5 Å². The number of para-hydroxylation sites is 2. The summed E-state index contributed by atoms with van der Waals surface area (Å²) in [5.74, 6) is 1.95. The molecule has 1 aliphatic heterocycles. The molecule has 2 aromatic rings. The fourth-order valence-electron chi connectivity index (χ4n) is 3.38. The molecule has 28 heavy (non-hydrogen) atoms. The average Bonchev–Trinajstić information content (AvgIpc) is 2.65. The van der Waals surface area contributed by atoms with Crippen LogP contribution in [-0.4, -0.2) is 29.9 Å². The first-order chi connectivity index (χ1) is 13.4. The van der Waals surface area contributed by atoms with Gasteiger partial charge in [-0.2, -0.15) is 0 Å². The second-order valence-electron chi connectivity index (χ2n) is 7.68. The number of nitrogens with zero attached hydrogens (tertiary/aromatic N) is 1. The molecule has 2 aromatic carbocycles. The van der Waals surface area contributed by atoms with Crippen molar-refractivity contribution in [3.8, 4) is 11.5 Å². The topological polar surface area (TPSA) is 67.6 Å². The molecule has 6 heteroatoms. The van der Waals surface area contributed by atoms with E-state index in [0.29, 0.717) is 34.8 Å². The van der Waals surface area contributed by atoms with Crippen LogP contribution in [0.1, 0.15) is 33.1 Å². The van der Waals surface area contributed by atoms with Gasteiger partial charge >= 0.3 is 0 Å². The molecular formula is C22H28ClN3O2. The smallest absolute Gasteiger partial charge is 0.222 e. The summed E-state index contributed by atoms with van der Waals surface area (Å²) in [5, 5.41) is 4.15. The van der Waals surface area contributed by atoms with E-state index in [1.54, 1.807) is 18.2 Å². The fraction of sp³-hybridized carbons (Fsp3) is 0.409. The molecule has 0 spiro atoms. The Labute approximate surface area is 171 Å². The van der Waals surface area contributed by atoms with Crippen LogP contribution in [0.2, 0.25) is 5.02 Å². The largest absolute Gasteiger partial charge is 0.453 e. The summed E-state index contributed by atoms with van der Waals surface area (Å²) >= 11 is 5.97. The Kier molecular flexibility index (Phi) is 6.68. The van der Waals surface area contributed by atoms with Crippen LogP contribution in [0.3, 0.4) is 0 Å². The maximum absolute atomic E-state index is 12.3. The number of ether oxygens (including phenoxy) is 1. The van der Waals surface area contributed by atoms with E-state index < -0.39 is 0 Å². The van der Waals surface area contributed by atoms with E-state index in [9.17, 15) is 4.79 Å². The van der Waals surface area contributed by atoms with Gasteiger partial charge < -0.3 is 20.7 Å². The van der Waals surface area contributed by atoms with E-state index in [1.807, 2.05) is 29.2 Å². The van der Waals surface area contributed by atoms with Gasteiger partial charge in [-0.25, -0.2) is 0 Å². The first-order valence-electron chi connectivity index (χ1n) is 9.78. The number of halogens is 1. The number of nitrogens with one attached hydrogen (secondary N) is 1. The zero-order valence-electron chi connectivity index (χ0n) is 16.5. The summed E-state index contributed by atoms with van der Waals surface area (Å²) in [6.07, 6.45) is 2.46. The van der Waals surface area contributed by atoms with Gasteiger partial charge in [-0.1, -0.05) is 37.6 Å². The Balaban J connectivity index is 1.62. The lowest BCUT2D eigenvalue weighted by Gasteiger charge is -2.33. The number of anilines is 2. The van der Waals surface area contributed by atoms with Gasteiger partial charge in [-0.15, -0.1) is 0 Å². The van der Waals surface area contributed by atoms with Crippen molar-refractivity contribution < 1.29 is 9.53 Å². The normalized spacial score (nSPS) is 14.9. The number of nitrogens with two attached hydrogens (primary N) is 1. The minimum Gasteiger partial charge on any atom is -0.453 e. The van der Waals surface area contributed by atoms with E-state index in [0.717, 1.165) is 37.4 Å². The lowest BCUT2D eigenvalue weighted by molar-refractivity contribution is -0.132. The third-order valence-electron chi connectivity index (χ3n) is 4.87. The molecule has 1 saturated heterocycles. The summed E-state index contributed by atoms with van der Waals surface area (Å²) in [7, 11) is 0. The van der Waals surface area contributed by atoms with Crippen molar-refractivity contribution in [2.75, 3.05) is 24.1 Å². The number of piperidine rings is 1.